The smallest absolute Gasteiger partial charge is 0.294 e. The van der Waals surface area contributed by atoms with E-state index >= 15 is 0 Å². The van der Waals surface area contributed by atoms with Crippen molar-refractivity contribution in [2.75, 3.05) is 22.9 Å². The molecule has 1 N–H and O–H groups in total. The lowest BCUT2D eigenvalue weighted by Gasteiger charge is -2.30. The van der Waals surface area contributed by atoms with E-state index in [0.29, 0.717) is 5.69 Å². The fourth-order valence-electron chi connectivity index (χ4n) is 4.34. The summed E-state index contributed by atoms with van der Waals surface area (Å²) in [6.45, 7) is 15.3. The Balaban J connectivity index is 2.18. The highest BCUT2D eigenvalue weighted by atomic mass is 16.3. The molecule has 5 nitrogen and oxygen atoms in total. The molecule has 2 aromatic rings. The highest BCUT2D eigenvalue weighted by molar-refractivity contribution is 6.17. The van der Waals surface area contributed by atoms with E-state index in [1.54, 1.807) is 25.7 Å². The fourth-order valence-corrected chi connectivity index (χ4v) is 4.34. The quantitative estimate of drug-likeness (QED) is 0.637. The number of anilines is 2. The number of aryl methyl sites for hydroxylation is 2. The summed E-state index contributed by atoms with van der Waals surface area (Å²) in [5, 5.41) is 10.9. The van der Waals surface area contributed by atoms with E-state index in [0.717, 1.165) is 35.5 Å². The normalized spacial score (nSPS) is 16.7. The van der Waals surface area contributed by atoms with E-state index in [1.165, 1.54) is 0 Å². The van der Waals surface area contributed by atoms with Gasteiger partial charge >= 0.3 is 0 Å². The Kier molecular flexibility index (Phi) is 6.49. The van der Waals surface area contributed by atoms with Crippen LogP contribution in [0.15, 0.2) is 53.8 Å². The summed E-state index contributed by atoms with van der Waals surface area (Å²) < 4.78 is 0. The van der Waals surface area contributed by atoms with E-state index in [1.807, 2.05) is 56.3 Å². The number of Topliss-reactive ketones (excluding diaryl/α,β-unsaturated/α-hetero) is 1. The van der Waals surface area contributed by atoms with Crippen LogP contribution in [-0.4, -0.2) is 29.9 Å². The van der Waals surface area contributed by atoms with Crippen molar-refractivity contribution >= 4 is 23.1 Å². The summed E-state index contributed by atoms with van der Waals surface area (Å²) >= 11 is 0. The molecule has 0 saturated heterocycles. The van der Waals surface area contributed by atoms with Crippen LogP contribution >= 0.6 is 0 Å². The second-order valence-electron chi connectivity index (χ2n) is 9.47. The molecule has 1 heterocycles. The van der Waals surface area contributed by atoms with Crippen molar-refractivity contribution in [2.24, 2.45) is 5.41 Å². The highest BCUT2D eigenvalue weighted by Crippen LogP contribution is 2.44. The van der Waals surface area contributed by atoms with Crippen LogP contribution in [0, 0.1) is 19.3 Å². The number of hydrogen-bond donors (Lipinski definition) is 1. The predicted octanol–water partition coefficient (Wildman–Crippen LogP) is 5.66. The van der Waals surface area contributed by atoms with Gasteiger partial charge in [-0.25, -0.2) is 0 Å². The molecule has 0 bridgehead atoms. The van der Waals surface area contributed by atoms with E-state index in [-0.39, 0.29) is 11.4 Å². The zero-order chi connectivity index (χ0) is 23.8. The number of ketones is 1. The van der Waals surface area contributed by atoms with Crippen molar-refractivity contribution < 1.29 is 14.7 Å². The van der Waals surface area contributed by atoms with Gasteiger partial charge in [0.25, 0.3) is 5.91 Å². The SMILES string of the molecule is CCN(CC)c1ccc(C2C(C(=O)C(C)(C)C)=C(O)C(=O)N2c2ccc(C)cc2C)cc1. The standard InChI is InChI=1S/C27H34N2O3/c1-8-28(9-2)20-13-11-19(12-14-20)23-22(25(31)27(5,6)7)24(30)26(32)29(23)21-15-10-17(3)16-18(21)4/h10-16,23,30H,8-9H2,1-7H3. The number of benzene rings is 2. The van der Waals surface area contributed by atoms with Crippen LogP contribution in [0.1, 0.15) is 57.4 Å². The molecule has 3 rings (SSSR count). The molecule has 32 heavy (non-hydrogen) atoms. The molecule has 0 fully saturated rings. The van der Waals surface area contributed by atoms with Crippen LogP contribution in [0.2, 0.25) is 0 Å². The summed E-state index contributed by atoms with van der Waals surface area (Å²) in [5.41, 5.74) is 4.01. The zero-order valence-corrected chi connectivity index (χ0v) is 20.2. The third-order valence-corrected chi connectivity index (χ3v) is 6.08. The molecule has 0 spiro atoms. The van der Waals surface area contributed by atoms with Gasteiger partial charge in [0.2, 0.25) is 0 Å². The molecule has 170 valence electrons. The Morgan fingerprint density at radius 1 is 1.03 bits per heavy atom. The van der Waals surface area contributed by atoms with Gasteiger partial charge in [-0.1, -0.05) is 50.6 Å². The van der Waals surface area contributed by atoms with Crippen molar-refractivity contribution in [1.29, 1.82) is 0 Å². The van der Waals surface area contributed by atoms with Crippen LogP contribution in [-0.2, 0) is 9.59 Å². The average molecular weight is 435 g/mol. The van der Waals surface area contributed by atoms with Crippen molar-refractivity contribution in [3.63, 3.8) is 0 Å². The highest BCUT2D eigenvalue weighted by Gasteiger charge is 2.47. The summed E-state index contributed by atoms with van der Waals surface area (Å²) in [6, 6.07) is 13.1. The number of aliphatic hydroxyl groups excluding tert-OH is 1. The van der Waals surface area contributed by atoms with Crippen LogP contribution in [0.5, 0.6) is 0 Å². The van der Waals surface area contributed by atoms with Gasteiger partial charge in [-0.2, -0.15) is 0 Å². The van der Waals surface area contributed by atoms with E-state index in [9.17, 15) is 14.7 Å². The first-order valence-corrected chi connectivity index (χ1v) is 11.2. The Labute approximate surface area is 191 Å². The lowest BCUT2D eigenvalue weighted by Crippen LogP contribution is -2.33. The number of hydrogen-bond acceptors (Lipinski definition) is 4. The first-order valence-electron chi connectivity index (χ1n) is 11.2. The minimum absolute atomic E-state index is 0.165. The molecule has 0 saturated carbocycles. The summed E-state index contributed by atoms with van der Waals surface area (Å²) in [4.78, 5) is 30.5. The number of carbonyl (C=O) groups is 2. The van der Waals surface area contributed by atoms with Gasteiger partial charge in [-0.15, -0.1) is 0 Å². The van der Waals surface area contributed by atoms with Crippen LogP contribution in [0.25, 0.3) is 0 Å². The Bertz CT molecular complexity index is 1060. The number of rotatable bonds is 6. The number of aliphatic hydroxyl groups is 1. The Hall–Kier alpha value is -3.08. The zero-order valence-electron chi connectivity index (χ0n) is 20.2. The van der Waals surface area contributed by atoms with Crippen molar-refractivity contribution in [3.05, 3.63) is 70.5 Å². The molecule has 1 atom stereocenters. The van der Waals surface area contributed by atoms with Crippen LogP contribution in [0.4, 0.5) is 11.4 Å². The van der Waals surface area contributed by atoms with Gasteiger partial charge in [0.1, 0.15) is 0 Å². The van der Waals surface area contributed by atoms with Gasteiger partial charge in [0, 0.05) is 29.9 Å². The van der Waals surface area contributed by atoms with Gasteiger partial charge in [0.15, 0.2) is 11.5 Å². The molecule has 0 aromatic heterocycles. The van der Waals surface area contributed by atoms with Gasteiger partial charge < -0.3 is 10.0 Å². The average Bonchev–Trinajstić information content (AvgIpc) is 2.99. The first-order chi connectivity index (χ1) is 15.0. The molecule has 1 amide bonds. The second kappa shape index (κ2) is 8.81. The summed E-state index contributed by atoms with van der Waals surface area (Å²) in [7, 11) is 0. The van der Waals surface area contributed by atoms with Crippen molar-refractivity contribution in [3.8, 4) is 0 Å². The molecule has 1 aliphatic rings. The molecule has 1 unspecified atom stereocenters. The minimum atomic E-state index is -0.735. The maximum Gasteiger partial charge on any atom is 0.294 e. The molecular formula is C27H34N2O3. The van der Waals surface area contributed by atoms with E-state index in [2.05, 4.69) is 18.7 Å². The third-order valence-electron chi connectivity index (χ3n) is 6.08. The van der Waals surface area contributed by atoms with Gasteiger partial charge in [-0.05, 0) is 57.0 Å². The molecule has 5 heteroatoms. The predicted molar refractivity (Wildman–Crippen MR) is 130 cm³/mol. The minimum Gasteiger partial charge on any atom is -0.503 e. The largest absolute Gasteiger partial charge is 0.503 e. The lowest BCUT2D eigenvalue weighted by atomic mass is 9.82. The lowest BCUT2D eigenvalue weighted by molar-refractivity contribution is -0.123. The fraction of sp³-hybridized carbons (Fsp3) is 0.407. The molecular weight excluding hydrogens is 400 g/mol. The third kappa shape index (κ3) is 4.16. The molecule has 0 radical (unpaired) electrons. The maximum atomic E-state index is 13.4. The van der Waals surface area contributed by atoms with Gasteiger partial charge in [0.05, 0.1) is 11.6 Å². The van der Waals surface area contributed by atoms with Crippen LogP contribution in [0.3, 0.4) is 0 Å². The number of nitrogens with zero attached hydrogens (tertiary/aromatic N) is 2. The first kappa shape index (κ1) is 23.6. The van der Waals surface area contributed by atoms with E-state index in [4.69, 9.17) is 0 Å². The van der Waals surface area contributed by atoms with Crippen molar-refractivity contribution in [1.82, 2.24) is 0 Å². The molecule has 0 aliphatic carbocycles. The maximum absolute atomic E-state index is 13.4. The monoisotopic (exact) mass is 434 g/mol. The number of carbonyl (C=O) groups excluding carboxylic acids is 2. The topological polar surface area (TPSA) is 60.9 Å². The Morgan fingerprint density at radius 2 is 1.62 bits per heavy atom. The molecule has 2 aromatic carbocycles. The summed E-state index contributed by atoms with van der Waals surface area (Å²) in [6.07, 6.45) is 0. The second-order valence-corrected chi connectivity index (χ2v) is 9.47. The number of amides is 1. The van der Waals surface area contributed by atoms with E-state index < -0.39 is 23.1 Å². The van der Waals surface area contributed by atoms with Gasteiger partial charge in [-0.3, -0.25) is 14.5 Å². The van der Waals surface area contributed by atoms with Crippen LogP contribution < -0.4 is 9.80 Å². The Morgan fingerprint density at radius 3 is 2.12 bits per heavy atom. The molecule has 1 aliphatic heterocycles. The van der Waals surface area contributed by atoms with Crippen molar-refractivity contribution in [2.45, 2.75) is 54.5 Å². The summed E-state index contributed by atoms with van der Waals surface area (Å²) in [5.74, 6) is -1.22.